The van der Waals surface area contributed by atoms with Gasteiger partial charge in [-0.1, -0.05) is 36.4 Å². The predicted octanol–water partition coefficient (Wildman–Crippen LogP) is 4.51. The van der Waals surface area contributed by atoms with Crippen LogP contribution >= 0.6 is 0 Å². The summed E-state index contributed by atoms with van der Waals surface area (Å²) in [5.41, 5.74) is 4.62. The number of benzene rings is 2. The number of aryl methyl sites for hydroxylation is 2. The van der Waals surface area contributed by atoms with E-state index in [0.29, 0.717) is 11.5 Å². The summed E-state index contributed by atoms with van der Waals surface area (Å²) in [4.78, 5) is 0. The third-order valence-electron chi connectivity index (χ3n) is 4.68. The Labute approximate surface area is 126 Å². The molecule has 1 nitrogen and oxygen atoms in total. The number of likely N-dealkylation sites (N-methyl/N-ethyl adjacent to an activating group) is 1. The zero-order chi connectivity index (χ0) is 14.8. The molecule has 0 radical (unpaired) electrons. The SMILES string of the molecule is CNC(c1ccc(C)c(F)c1)C1CCCc2ccccc21. The Hall–Kier alpha value is -1.67. The van der Waals surface area contributed by atoms with E-state index >= 15 is 0 Å². The molecule has 0 amide bonds. The van der Waals surface area contributed by atoms with Gasteiger partial charge in [0.15, 0.2) is 0 Å². The molecule has 1 N–H and O–H groups in total. The Morgan fingerprint density at radius 2 is 2.00 bits per heavy atom. The zero-order valence-corrected chi connectivity index (χ0v) is 12.7. The van der Waals surface area contributed by atoms with Crippen LogP contribution in [0.5, 0.6) is 0 Å². The van der Waals surface area contributed by atoms with Crippen molar-refractivity contribution in [2.45, 2.75) is 38.1 Å². The standard InChI is InChI=1S/C19H22FN/c1-13-10-11-15(12-18(13)20)19(21-2)17-9-5-7-14-6-3-4-8-16(14)17/h3-4,6,8,10-12,17,19,21H,5,7,9H2,1-2H3. The molecule has 0 fully saturated rings. The van der Waals surface area contributed by atoms with Gasteiger partial charge in [0.2, 0.25) is 0 Å². The molecule has 2 aromatic rings. The van der Waals surface area contributed by atoms with E-state index in [-0.39, 0.29) is 11.9 Å². The number of hydrogen-bond donors (Lipinski definition) is 1. The van der Waals surface area contributed by atoms with Crippen LogP contribution in [0.4, 0.5) is 4.39 Å². The van der Waals surface area contributed by atoms with Gasteiger partial charge in [0.25, 0.3) is 0 Å². The lowest BCUT2D eigenvalue weighted by Crippen LogP contribution is -2.26. The van der Waals surface area contributed by atoms with E-state index in [4.69, 9.17) is 0 Å². The van der Waals surface area contributed by atoms with Crippen molar-refractivity contribution in [3.8, 4) is 0 Å². The normalized spacial score (nSPS) is 19.1. The summed E-state index contributed by atoms with van der Waals surface area (Å²) in [5, 5.41) is 3.41. The molecule has 2 aromatic carbocycles. The summed E-state index contributed by atoms with van der Waals surface area (Å²) < 4.78 is 13.9. The molecule has 3 rings (SSSR count). The first-order chi connectivity index (χ1) is 10.2. The van der Waals surface area contributed by atoms with Crippen LogP contribution in [0.1, 0.15) is 47.1 Å². The Morgan fingerprint density at radius 1 is 1.19 bits per heavy atom. The van der Waals surface area contributed by atoms with E-state index < -0.39 is 0 Å². The van der Waals surface area contributed by atoms with E-state index in [9.17, 15) is 4.39 Å². The minimum absolute atomic E-state index is 0.114. The van der Waals surface area contributed by atoms with Gasteiger partial charge in [0, 0.05) is 12.0 Å². The molecule has 2 atom stereocenters. The van der Waals surface area contributed by atoms with Gasteiger partial charge in [-0.3, -0.25) is 0 Å². The summed E-state index contributed by atoms with van der Waals surface area (Å²) >= 11 is 0. The zero-order valence-electron chi connectivity index (χ0n) is 12.7. The highest BCUT2D eigenvalue weighted by Gasteiger charge is 2.28. The highest BCUT2D eigenvalue weighted by atomic mass is 19.1. The number of fused-ring (bicyclic) bond motifs is 1. The van der Waals surface area contributed by atoms with Crippen molar-refractivity contribution in [3.63, 3.8) is 0 Å². The molecule has 110 valence electrons. The second-order valence-electron chi connectivity index (χ2n) is 5.97. The van der Waals surface area contributed by atoms with Gasteiger partial charge in [-0.2, -0.15) is 0 Å². The molecule has 0 heterocycles. The van der Waals surface area contributed by atoms with Crippen LogP contribution in [0.15, 0.2) is 42.5 Å². The largest absolute Gasteiger partial charge is 0.312 e. The van der Waals surface area contributed by atoms with Gasteiger partial charge in [-0.15, -0.1) is 0 Å². The molecular formula is C19H22FN. The lowest BCUT2D eigenvalue weighted by atomic mass is 9.76. The Balaban J connectivity index is 1.99. The summed E-state index contributed by atoms with van der Waals surface area (Å²) in [6.07, 6.45) is 3.51. The average Bonchev–Trinajstić information content (AvgIpc) is 2.52. The van der Waals surface area contributed by atoms with Crippen LogP contribution in [0.2, 0.25) is 0 Å². The monoisotopic (exact) mass is 283 g/mol. The predicted molar refractivity (Wildman–Crippen MR) is 85.1 cm³/mol. The van der Waals surface area contributed by atoms with Crippen LogP contribution in [0, 0.1) is 12.7 Å². The van der Waals surface area contributed by atoms with E-state index in [1.807, 2.05) is 20.0 Å². The molecule has 2 heteroatoms. The second kappa shape index (κ2) is 5.98. The quantitative estimate of drug-likeness (QED) is 0.873. The first kappa shape index (κ1) is 14.3. The average molecular weight is 283 g/mol. The highest BCUT2D eigenvalue weighted by molar-refractivity contribution is 5.37. The van der Waals surface area contributed by atoms with Crippen molar-refractivity contribution in [1.29, 1.82) is 0 Å². The fourth-order valence-electron chi connectivity index (χ4n) is 3.54. The minimum atomic E-state index is -0.114. The molecule has 0 saturated carbocycles. The van der Waals surface area contributed by atoms with Gasteiger partial charge >= 0.3 is 0 Å². The lowest BCUT2D eigenvalue weighted by molar-refractivity contribution is 0.423. The maximum Gasteiger partial charge on any atom is 0.126 e. The van der Waals surface area contributed by atoms with Crippen molar-refractivity contribution in [2.75, 3.05) is 7.05 Å². The van der Waals surface area contributed by atoms with E-state index in [2.05, 4.69) is 35.6 Å². The van der Waals surface area contributed by atoms with E-state index in [0.717, 1.165) is 18.4 Å². The minimum Gasteiger partial charge on any atom is -0.312 e. The number of nitrogens with one attached hydrogen (secondary N) is 1. The fourth-order valence-corrected chi connectivity index (χ4v) is 3.54. The van der Waals surface area contributed by atoms with E-state index in [1.165, 1.54) is 17.5 Å². The molecule has 0 aromatic heterocycles. The molecule has 0 spiro atoms. The Bertz CT molecular complexity index is 635. The summed E-state index contributed by atoms with van der Waals surface area (Å²) in [6.45, 7) is 1.81. The van der Waals surface area contributed by atoms with Crippen molar-refractivity contribution >= 4 is 0 Å². The van der Waals surface area contributed by atoms with Crippen LogP contribution in [0.25, 0.3) is 0 Å². The van der Waals surface area contributed by atoms with Crippen LogP contribution in [-0.2, 0) is 6.42 Å². The van der Waals surface area contributed by atoms with Crippen molar-refractivity contribution < 1.29 is 4.39 Å². The molecule has 1 aliphatic rings. The Kier molecular flexibility index (Phi) is 4.07. The molecule has 2 unspecified atom stereocenters. The topological polar surface area (TPSA) is 12.0 Å². The molecule has 21 heavy (non-hydrogen) atoms. The van der Waals surface area contributed by atoms with Gasteiger partial charge in [0.1, 0.15) is 5.82 Å². The lowest BCUT2D eigenvalue weighted by Gasteiger charge is -2.32. The number of halogens is 1. The third-order valence-corrected chi connectivity index (χ3v) is 4.68. The van der Waals surface area contributed by atoms with Gasteiger partial charge in [-0.05, 0) is 61.6 Å². The molecule has 0 bridgehead atoms. The third kappa shape index (κ3) is 2.73. The summed E-state index contributed by atoms with van der Waals surface area (Å²) in [6, 6.07) is 14.5. The second-order valence-corrected chi connectivity index (χ2v) is 5.97. The number of rotatable bonds is 3. The van der Waals surface area contributed by atoms with Gasteiger partial charge in [0.05, 0.1) is 0 Å². The van der Waals surface area contributed by atoms with Crippen LogP contribution in [-0.4, -0.2) is 7.05 Å². The highest BCUT2D eigenvalue weighted by Crippen LogP contribution is 2.40. The summed E-state index contributed by atoms with van der Waals surface area (Å²) in [7, 11) is 1.97. The first-order valence-corrected chi connectivity index (χ1v) is 7.72. The smallest absolute Gasteiger partial charge is 0.126 e. The van der Waals surface area contributed by atoms with Gasteiger partial charge in [-0.25, -0.2) is 4.39 Å². The van der Waals surface area contributed by atoms with Crippen LogP contribution in [0.3, 0.4) is 0 Å². The molecule has 0 saturated heterocycles. The van der Waals surface area contributed by atoms with Gasteiger partial charge < -0.3 is 5.32 Å². The number of hydrogen-bond acceptors (Lipinski definition) is 1. The van der Waals surface area contributed by atoms with Crippen molar-refractivity contribution in [1.82, 2.24) is 5.32 Å². The van der Waals surface area contributed by atoms with Crippen LogP contribution < -0.4 is 5.32 Å². The molecule has 0 aliphatic heterocycles. The molecule has 1 aliphatic carbocycles. The summed E-state index contributed by atoms with van der Waals surface area (Å²) in [5.74, 6) is 0.305. The van der Waals surface area contributed by atoms with Crippen molar-refractivity contribution in [3.05, 3.63) is 70.5 Å². The van der Waals surface area contributed by atoms with Crippen molar-refractivity contribution in [2.24, 2.45) is 0 Å². The first-order valence-electron chi connectivity index (χ1n) is 7.72. The maximum absolute atomic E-state index is 13.9. The Morgan fingerprint density at radius 3 is 2.76 bits per heavy atom. The maximum atomic E-state index is 13.9. The fraction of sp³-hybridized carbons (Fsp3) is 0.368. The molecular weight excluding hydrogens is 261 g/mol. The van der Waals surface area contributed by atoms with E-state index in [1.54, 1.807) is 6.07 Å².